The van der Waals surface area contributed by atoms with Crippen LogP contribution in [0.25, 0.3) is 0 Å². The number of nitrogens with zero attached hydrogens (tertiary/aromatic N) is 2. The first kappa shape index (κ1) is 29.5. The van der Waals surface area contributed by atoms with Crippen molar-refractivity contribution in [1.82, 2.24) is 4.98 Å². The second-order valence-electron chi connectivity index (χ2n) is 10.9. The smallest absolute Gasteiger partial charge is 0.360 e. The fourth-order valence-corrected chi connectivity index (χ4v) is 5.20. The molecule has 0 bridgehead atoms. The molecule has 0 aliphatic heterocycles. The molecule has 0 radical (unpaired) electrons. The number of carboxylic acids is 2. The molecule has 3 aromatic carbocycles. The topological polar surface area (TPSA) is 121 Å². The molecule has 1 unspecified atom stereocenters. The first-order chi connectivity index (χ1) is 19.5. The highest BCUT2D eigenvalue weighted by molar-refractivity contribution is 7.14. The summed E-state index contributed by atoms with van der Waals surface area (Å²) in [4.78, 5) is 34.1. The van der Waals surface area contributed by atoms with Gasteiger partial charge in [-0.05, 0) is 23.6 Å². The van der Waals surface area contributed by atoms with Crippen molar-refractivity contribution < 1.29 is 24.6 Å². The van der Waals surface area contributed by atoms with E-state index in [2.05, 4.69) is 15.5 Å². The number of aromatic nitrogens is 1. The van der Waals surface area contributed by atoms with Gasteiger partial charge in [0, 0.05) is 10.8 Å². The Hall–Kier alpha value is -4.50. The number of aliphatic carboxylic acids is 2. The fourth-order valence-electron chi connectivity index (χ4n) is 4.45. The zero-order valence-corrected chi connectivity index (χ0v) is 24.2. The van der Waals surface area contributed by atoms with Gasteiger partial charge < -0.3 is 20.4 Å². The number of nitrogens with one attached hydrogen (secondary N) is 1. The quantitative estimate of drug-likeness (QED) is 0.105. The number of carboxylic acid groups (broad SMARTS) is 2. The van der Waals surface area contributed by atoms with E-state index in [1.807, 2.05) is 112 Å². The van der Waals surface area contributed by atoms with Crippen molar-refractivity contribution in [3.05, 3.63) is 119 Å². The largest absolute Gasteiger partial charge is 0.481 e. The van der Waals surface area contributed by atoms with E-state index in [0.29, 0.717) is 5.13 Å². The molecule has 1 aromatic heterocycles. The summed E-state index contributed by atoms with van der Waals surface area (Å²) in [5.41, 5.74) is -0.159. The maximum Gasteiger partial charge on any atom is 0.360 e. The molecule has 212 valence electrons. The van der Waals surface area contributed by atoms with Crippen molar-refractivity contribution in [2.45, 2.75) is 45.3 Å². The van der Waals surface area contributed by atoms with E-state index in [9.17, 15) is 19.8 Å². The van der Waals surface area contributed by atoms with Gasteiger partial charge in [0.1, 0.15) is 16.8 Å². The number of oxime groups is 1. The molecule has 1 heterocycles. The summed E-state index contributed by atoms with van der Waals surface area (Å²) >= 11 is 1.24. The molecule has 41 heavy (non-hydrogen) atoms. The van der Waals surface area contributed by atoms with Gasteiger partial charge >= 0.3 is 11.9 Å². The number of benzene rings is 3. The minimum atomic E-state index is -1.34. The SMILES string of the molecule is CC(C)(C)C(C)(CC(=O)O)ON=C(C(=O)O)c1csc(NC(c2ccccc2)(c2ccccc2)c2ccccc2)n1. The standard InChI is InChI=1S/C32H33N3O5S/c1-30(2,3)31(4,20-26(36)37)40-35-27(28(38)39)25-21-41-29(33-25)34-32(22-14-8-5-9-15-22,23-16-10-6-11-17-23)24-18-12-7-13-19-24/h5-19,21H,20H2,1-4H3,(H,33,34)(H,36,37)(H,38,39). The molecule has 1 atom stereocenters. The van der Waals surface area contributed by atoms with Crippen molar-refractivity contribution in [3.8, 4) is 0 Å². The molecule has 3 N–H and O–H groups in total. The molecule has 4 aromatic rings. The molecule has 0 aliphatic rings. The van der Waals surface area contributed by atoms with E-state index in [-0.39, 0.29) is 12.1 Å². The zero-order chi connectivity index (χ0) is 29.7. The lowest BCUT2D eigenvalue weighted by Crippen LogP contribution is -2.43. The minimum absolute atomic E-state index is 0.0969. The predicted octanol–water partition coefficient (Wildman–Crippen LogP) is 6.63. The van der Waals surface area contributed by atoms with Crippen LogP contribution in [-0.4, -0.2) is 38.4 Å². The van der Waals surface area contributed by atoms with Crippen LogP contribution in [0.15, 0.2) is 102 Å². The summed E-state index contributed by atoms with van der Waals surface area (Å²) in [6.07, 6.45) is -0.357. The lowest BCUT2D eigenvalue weighted by molar-refractivity contribution is -0.155. The van der Waals surface area contributed by atoms with Crippen molar-refractivity contribution in [2.24, 2.45) is 10.6 Å². The van der Waals surface area contributed by atoms with Gasteiger partial charge in [-0.1, -0.05) is 117 Å². The lowest BCUT2D eigenvalue weighted by Gasteiger charge is -2.38. The second kappa shape index (κ2) is 11.9. The highest BCUT2D eigenvalue weighted by atomic mass is 32.1. The molecule has 4 rings (SSSR count). The molecule has 0 amide bonds. The van der Waals surface area contributed by atoms with Crippen molar-refractivity contribution in [2.75, 3.05) is 5.32 Å². The van der Waals surface area contributed by atoms with Gasteiger partial charge in [-0.15, -0.1) is 11.3 Å². The van der Waals surface area contributed by atoms with Crippen LogP contribution in [0.3, 0.4) is 0 Å². The number of hydrogen-bond donors (Lipinski definition) is 3. The minimum Gasteiger partial charge on any atom is -0.481 e. The van der Waals surface area contributed by atoms with E-state index < -0.39 is 34.2 Å². The molecule has 0 fully saturated rings. The van der Waals surface area contributed by atoms with Crippen LogP contribution in [0.4, 0.5) is 5.13 Å². The first-order valence-electron chi connectivity index (χ1n) is 13.1. The third-order valence-corrected chi connectivity index (χ3v) is 8.04. The van der Waals surface area contributed by atoms with Gasteiger partial charge in [0.25, 0.3) is 0 Å². The first-order valence-corrected chi connectivity index (χ1v) is 14.0. The Labute approximate surface area is 243 Å². The van der Waals surface area contributed by atoms with Crippen LogP contribution in [0.1, 0.15) is 56.5 Å². The fraction of sp³-hybridized carbons (Fsp3) is 0.250. The molecule has 9 heteroatoms. The maximum atomic E-state index is 12.3. The van der Waals surface area contributed by atoms with E-state index in [1.54, 1.807) is 12.3 Å². The molecule has 0 saturated carbocycles. The van der Waals surface area contributed by atoms with Crippen molar-refractivity contribution in [3.63, 3.8) is 0 Å². The molecular weight excluding hydrogens is 538 g/mol. The molecule has 8 nitrogen and oxygen atoms in total. The Kier molecular flexibility index (Phi) is 8.58. The summed E-state index contributed by atoms with van der Waals surface area (Å²) in [5, 5.41) is 29.1. The van der Waals surface area contributed by atoms with Gasteiger partial charge in [-0.25, -0.2) is 9.78 Å². The van der Waals surface area contributed by atoms with E-state index in [1.165, 1.54) is 11.3 Å². The van der Waals surface area contributed by atoms with Gasteiger partial charge in [0.05, 0.1) is 6.42 Å². The number of thiazole rings is 1. The average molecular weight is 572 g/mol. The molecule has 0 aliphatic carbocycles. The summed E-state index contributed by atoms with van der Waals surface area (Å²) in [6.45, 7) is 7.04. The average Bonchev–Trinajstić information content (AvgIpc) is 3.40. The summed E-state index contributed by atoms with van der Waals surface area (Å²) in [6, 6.07) is 29.9. The van der Waals surface area contributed by atoms with Crippen LogP contribution in [0.5, 0.6) is 0 Å². The monoisotopic (exact) mass is 571 g/mol. The van der Waals surface area contributed by atoms with Crippen LogP contribution >= 0.6 is 11.3 Å². The van der Waals surface area contributed by atoms with Gasteiger partial charge in [-0.2, -0.15) is 0 Å². The number of anilines is 1. The van der Waals surface area contributed by atoms with E-state index in [4.69, 9.17) is 4.84 Å². The van der Waals surface area contributed by atoms with Crippen molar-refractivity contribution in [1.29, 1.82) is 0 Å². The van der Waals surface area contributed by atoms with Crippen LogP contribution < -0.4 is 5.32 Å². The van der Waals surface area contributed by atoms with E-state index >= 15 is 0 Å². The number of carbonyl (C=O) groups is 2. The highest BCUT2D eigenvalue weighted by Gasteiger charge is 2.43. The summed E-state index contributed by atoms with van der Waals surface area (Å²) in [7, 11) is 0. The Morgan fingerprint density at radius 2 is 1.29 bits per heavy atom. The highest BCUT2D eigenvalue weighted by Crippen LogP contribution is 2.41. The Morgan fingerprint density at radius 1 is 0.829 bits per heavy atom. The second-order valence-corrected chi connectivity index (χ2v) is 11.8. The molecule has 0 saturated heterocycles. The van der Waals surface area contributed by atoms with Gasteiger partial charge in [0.15, 0.2) is 5.13 Å². The Bertz CT molecular complexity index is 1420. The Balaban J connectivity index is 1.79. The Morgan fingerprint density at radius 3 is 1.68 bits per heavy atom. The maximum absolute atomic E-state index is 12.3. The molecule has 0 spiro atoms. The van der Waals surface area contributed by atoms with Crippen LogP contribution in [-0.2, 0) is 20.0 Å². The third-order valence-electron chi connectivity index (χ3n) is 7.28. The summed E-state index contributed by atoms with van der Waals surface area (Å²) < 4.78 is 0. The predicted molar refractivity (Wildman–Crippen MR) is 160 cm³/mol. The van der Waals surface area contributed by atoms with Gasteiger partial charge in [0.2, 0.25) is 5.71 Å². The normalized spacial score (nSPS) is 13.7. The summed E-state index contributed by atoms with van der Waals surface area (Å²) in [5.74, 6) is -2.41. The van der Waals surface area contributed by atoms with Crippen molar-refractivity contribution >= 4 is 34.1 Å². The van der Waals surface area contributed by atoms with Crippen LogP contribution in [0.2, 0.25) is 0 Å². The number of hydrogen-bond acceptors (Lipinski definition) is 7. The lowest BCUT2D eigenvalue weighted by atomic mass is 9.76. The zero-order valence-electron chi connectivity index (χ0n) is 23.4. The number of rotatable bonds is 11. The van der Waals surface area contributed by atoms with Crippen LogP contribution in [0, 0.1) is 5.41 Å². The third kappa shape index (κ3) is 6.30. The molecular formula is C32H33N3O5S. The van der Waals surface area contributed by atoms with E-state index in [0.717, 1.165) is 16.7 Å². The van der Waals surface area contributed by atoms with Gasteiger partial charge in [-0.3, -0.25) is 4.79 Å².